The highest BCUT2D eigenvalue weighted by atomic mass is 32.2. The van der Waals surface area contributed by atoms with Crippen molar-refractivity contribution in [2.75, 3.05) is 17.6 Å². The van der Waals surface area contributed by atoms with Crippen LogP contribution in [0.1, 0.15) is 12.5 Å². The maximum Gasteiger partial charge on any atom is 0.442 e. The quantitative estimate of drug-likeness (QED) is 0.847. The highest BCUT2D eigenvalue weighted by molar-refractivity contribution is 8.00. The van der Waals surface area contributed by atoms with Crippen molar-refractivity contribution < 1.29 is 18.0 Å². The van der Waals surface area contributed by atoms with Crippen molar-refractivity contribution in [1.82, 2.24) is 5.32 Å². The van der Waals surface area contributed by atoms with E-state index in [-0.39, 0.29) is 11.8 Å². The summed E-state index contributed by atoms with van der Waals surface area (Å²) in [7, 11) is 0. The topological polar surface area (TPSA) is 41.1 Å². The van der Waals surface area contributed by atoms with E-state index in [0.717, 1.165) is 12.1 Å². The van der Waals surface area contributed by atoms with Gasteiger partial charge in [0.15, 0.2) is 0 Å². The molecular formula is C12H15F3N2OS. The number of carbonyl (C=O) groups excluding carboxylic acids is 1. The maximum atomic E-state index is 12.0. The van der Waals surface area contributed by atoms with E-state index in [9.17, 15) is 18.0 Å². The van der Waals surface area contributed by atoms with Gasteiger partial charge in [0.2, 0.25) is 5.91 Å². The number of hydrogen-bond donors (Lipinski definition) is 2. The molecule has 0 unspecified atom stereocenters. The Bertz CT molecular complexity index is 424. The van der Waals surface area contributed by atoms with Crippen LogP contribution in [0, 0.1) is 0 Å². The summed E-state index contributed by atoms with van der Waals surface area (Å²) in [5.41, 5.74) is -3.01. The molecule has 1 aromatic carbocycles. The van der Waals surface area contributed by atoms with Gasteiger partial charge in [-0.1, -0.05) is 25.1 Å². The van der Waals surface area contributed by atoms with E-state index in [1.54, 1.807) is 12.1 Å². The molecule has 0 aromatic heterocycles. The van der Waals surface area contributed by atoms with Crippen LogP contribution in [0.2, 0.25) is 0 Å². The molecule has 0 heterocycles. The molecule has 0 saturated heterocycles. The Hall–Kier alpha value is -1.21. The third-order valence-corrected chi connectivity index (χ3v) is 2.96. The van der Waals surface area contributed by atoms with Gasteiger partial charge in [-0.05, 0) is 29.9 Å². The van der Waals surface area contributed by atoms with Crippen molar-refractivity contribution in [3.63, 3.8) is 0 Å². The van der Waals surface area contributed by atoms with Gasteiger partial charge in [0.1, 0.15) is 0 Å². The average molecular weight is 292 g/mol. The molecule has 0 aliphatic heterocycles. The minimum Gasteiger partial charge on any atom is -0.325 e. The Morgan fingerprint density at radius 2 is 2.00 bits per heavy atom. The summed E-state index contributed by atoms with van der Waals surface area (Å²) in [6, 6.07) is 7.02. The van der Waals surface area contributed by atoms with E-state index >= 15 is 0 Å². The second kappa shape index (κ2) is 7.40. The Labute approximate surface area is 114 Å². The fourth-order valence-corrected chi connectivity index (χ4v) is 1.76. The Kier molecular flexibility index (Phi) is 6.17. The largest absolute Gasteiger partial charge is 0.442 e. The molecule has 1 aromatic rings. The number of alkyl halides is 3. The minimum absolute atomic E-state index is 0.343. The van der Waals surface area contributed by atoms with E-state index in [4.69, 9.17) is 0 Å². The van der Waals surface area contributed by atoms with Gasteiger partial charge in [0.25, 0.3) is 0 Å². The number of amides is 1. The van der Waals surface area contributed by atoms with Crippen LogP contribution in [-0.4, -0.2) is 23.7 Å². The normalized spacial score (nSPS) is 11.4. The predicted molar refractivity (Wildman–Crippen MR) is 71.0 cm³/mol. The standard InChI is InChI=1S/C12H15F3N2OS/c1-2-16-7-9-5-3-4-6-10(9)17-11(18)8-19-12(13,14)15/h3-6,16H,2,7-8H2,1H3,(H,17,18). The van der Waals surface area contributed by atoms with Crippen molar-refractivity contribution in [1.29, 1.82) is 0 Å². The SMILES string of the molecule is CCNCc1ccccc1NC(=O)CSC(F)(F)F. The van der Waals surface area contributed by atoms with Gasteiger partial charge in [0, 0.05) is 12.2 Å². The maximum absolute atomic E-state index is 12.0. The third kappa shape index (κ3) is 6.49. The highest BCUT2D eigenvalue weighted by Gasteiger charge is 2.29. The number of rotatable bonds is 6. The minimum atomic E-state index is -4.39. The molecule has 7 heteroatoms. The number of carbonyl (C=O) groups is 1. The summed E-state index contributed by atoms with van der Waals surface area (Å²) < 4.78 is 35.9. The molecule has 1 amide bonds. The lowest BCUT2D eigenvalue weighted by molar-refractivity contribution is -0.114. The molecule has 0 saturated carbocycles. The summed E-state index contributed by atoms with van der Waals surface area (Å²) in [6.07, 6.45) is 0. The van der Waals surface area contributed by atoms with Crippen LogP contribution in [0.5, 0.6) is 0 Å². The summed E-state index contributed by atoms with van der Waals surface area (Å²) in [4.78, 5) is 11.4. The predicted octanol–water partition coefficient (Wildman–Crippen LogP) is 2.99. The molecule has 0 fully saturated rings. The van der Waals surface area contributed by atoms with Crippen molar-refractivity contribution >= 4 is 23.4 Å². The number of nitrogens with one attached hydrogen (secondary N) is 2. The third-order valence-electron chi connectivity index (χ3n) is 2.22. The van der Waals surface area contributed by atoms with Gasteiger partial charge in [-0.3, -0.25) is 4.79 Å². The van der Waals surface area contributed by atoms with Crippen LogP contribution in [0.3, 0.4) is 0 Å². The Morgan fingerprint density at radius 3 is 2.63 bits per heavy atom. The van der Waals surface area contributed by atoms with Crippen LogP contribution in [-0.2, 0) is 11.3 Å². The van der Waals surface area contributed by atoms with E-state index in [1.807, 2.05) is 19.1 Å². The number of hydrogen-bond acceptors (Lipinski definition) is 3. The van der Waals surface area contributed by atoms with Crippen molar-refractivity contribution in [2.24, 2.45) is 0 Å². The van der Waals surface area contributed by atoms with Crippen LogP contribution in [0.25, 0.3) is 0 Å². The fraction of sp³-hybridized carbons (Fsp3) is 0.417. The van der Waals surface area contributed by atoms with Crippen molar-refractivity contribution in [3.8, 4) is 0 Å². The van der Waals surface area contributed by atoms with Crippen molar-refractivity contribution in [3.05, 3.63) is 29.8 Å². The summed E-state index contributed by atoms with van der Waals surface area (Å²) in [6.45, 7) is 3.27. The zero-order valence-electron chi connectivity index (χ0n) is 10.4. The van der Waals surface area contributed by atoms with Gasteiger partial charge < -0.3 is 10.6 Å². The first-order valence-electron chi connectivity index (χ1n) is 5.71. The zero-order valence-corrected chi connectivity index (χ0v) is 11.2. The molecule has 3 nitrogen and oxygen atoms in total. The zero-order chi connectivity index (χ0) is 14.3. The van der Waals surface area contributed by atoms with Crippen LogP contribution >= 0.6 is 11.8 Å². The summed E-state index contributed by atoms with van der Waals surface area (Å²) in [5.74, 6) is -1.30. The summed E-state index contributed by atoms with van der Waals surface area (Å²) in [5, 5.41) is 5.59. The van der Waals surface area contributed by atoms with E-state index in [0.29, 0.717) is 12.2 Å². The van der Waals surface area contributed by atoms with Crippen LogP contribution in [0.15, 0.2) is 24.3 Å². The van der Waals surface area contributed by atoms with Gasteiger partial charge in [-0.15, -0.1) is 0 Å². The molecule has 0 spiro atoms. The lowest BCUT2D eigenvalue weighted by atomic mass is 10.1. The van der Waals surface area contributed by atoms with Crippen LogP contribution < -0.4 is 10.6 Å². The van der Waals surface area contributed by atoms with Gasteiger partial charge >= 0.3 is 5.51 Å². The number of halogens is 3. The Morgan fingerprint density at radius 1 is 1.32 bits per heavy atom. The molecular weight excluding hydrogens is 277 g/mol. The number of benzene rings is 1. The van der Waals surface area contributed by atoms with Gasteiger partial charge in [0.05, 0.1) is 5.75 Å². The van der Waals surface area contributed by atoms with Crippen LogP contribution in [0.4, 0.5) is 18.9 Å². The molecule has 0 bridgehead atoms. The fourth-order valence-electron chi connectivity index (χ4n) is 1.39. The lowest BCUT2D eigenvalue weighted by Gasteiger charge is -2.11. The van der Waals surface area contributed by atoms with E-state index in [1.165, 1.54) is 0 Å². The molecule has 0 radical (unpaired) electrons. The second-order valence-corrected chi connectivity index (χ2v) is 4.76. The molecule has 1 rings (SSSR count). The number of anilines is 1. The molecule has 0 aliphatic carbocycles. The number of para-hydroxylation sites is 1. The van der Waals surface area contributed by atoms with E-state index < -0.39 is 17.2 Å². The average Bonchev–Trinajstić information content (AvgIpc) is 2.34. The first kappa shape index (κ1) is 15.8. The summed E-state index contributed by atoms with van der Waals surface area (Å²) >= 11 is -0.343. The van der Waals surface area contributed by atoms with Gasteiger partial charge in [-0.2, -0.15) is 13.2 Å². The molecule has 106 valence electrons. The smallest absolute Gasteiger partial charge is 0.325 e. The molecule has 19 heavy (non-hydrogen) atoms. The van der Waals surface area contributed by atoms with Crippen molar-refractivity contribution in [2.45, 2.75) is 19.0 Å². The Balaban J connectivity index is 2.58. The van der Waals surface area contributed by atoms with E-state index in [2.05, 4.69) is 10.6 Å². The first-order chi connectivity index (χ1) is 8.92. The molecule has 0 atom stereocenters. The van der Waals surface area contributed by atoms with Gasteiger partial charge in [-0.25, -0.2) is 0 Å². The lowest BCUT2D eigenvalue weighted by Crippen LogP contribution is -2.19. The first-order valence-corrected chi connectivity index (χ1v) is 6.70. The molecule has 0 aliphatic rings. The molecule has 2 N–H and O–H groups in total. The second-order valence-electron chi connectivity index (χ2n) is 3.72. The monoisotopic (exact) mass is 292 g/mol. The number of thioether (sulfide) groups is 1. The highest BCUT2D eigenvalue weighted by Crippen LogP contribution is 2.30.